The molecule has 0 aromatic carbocycles. The summed E-state index contributed by atoms with van der Waals surface area (Å²) in [5, 5.41) is 8.26. The van der Waals surface area contributed by atoms with Crippen LogP contribution in [0.3, 0.4) is 0 Å². The third kappa shape index (κ3) is 2.04. The lowest BCUT2D eigenvalue weighted by Crippen LogP contribution is -1.89. The summed E-state index contributed by atoms with van der Waals surface area (Å²) in [5.41, 5.74) is 2.40. The molecule has 0 saturated carbocycles. The lowest BCUT2D eigenvalue weighted by molar-refractivity contribution is 0.208. The zero-order valence-electron chi connectivity index (χ0n) is 4.27. The molecule has 0 saturated heterocycles. The van der Waals surface area contributed by atoms with E-state index in [-0.39, 0.29) is 6.61 Å². The molecule has 2 nitrogen and oxygen atoms in total. The second-order valence-corrected chi connectivity index (χ2v) is 0.962. The minimum absolute atomic E-state index is 0.125. The molecular weight excluding hydrogens is 92.1 g/mol. The van der Waals surface area contributed by atoms with Crippen LogP contribution in [0.25, 0.3) is 0 Å². The van der Waals surface area contributed by atoms with E-state index in [1.165, 1.54) is 7.11 Å². The van der Waals surface area contributed by atoms with E-state index < -0.39 is 0 Å². The summed E-state index contributed by atoms with van der Waals surface area (Å²) < 4.78 is 4.54. The van der Waals surface area contributed by atoms with Gasteiger partial charge in [-0.25, -0.2) is 0 Å². The monoisotopic (exact) mass is 100 g/mol. The lowest BCUT2D eigenvalue weighted by Gasteiger charge is -1.93. The van der Waals surface area contributed by atoms with Gasteiger partial charge in [0.1, 0.15) is 6.61 Å². The van der Waals surface area contributed by atoms with Gasteiger partial charge >= 0.3 is 0 Å². The van der Waals surface area contributed by atoms with Crippen molar-refractivity contribution in [3.8, 4) is 0 Å². The summed E-state index contributed by atoms with van der Waals surface area (Å²) in [6, 6.07) is 0. The molecule has 40 valence electrons. The minimum atomic E-state index is -0.125. The summed E-state index contributed by atoms with van der Waals surface area (Å²) in [5.74, 6) is 0.375. The molecule has 0 unspecified atom stereocenters. The van der Waals surface area contributed by atoms with E-state index in [9.17, 15) is 0 Å². The second kappa shape index (κ2) is 3.47. The molecule has 2 heteroatoms. The third-order valence-electron chi connectivity index (χ3n) is 0.587. The maximum atomic E-state index is 8.26. The highest BCUT2D eigenvalue weighted by Gasteiger charge is 1.83. The van der Waals surface area contributed by atoms with Crippen molar-refractivity contribution < 1.29 is 9.84 Å². The molecule has 0 rings (SSSR count). The first-order valence-corrected chi connectivity index (χ1v) is 1.89. The van der Waals surface area contributed by atoms with Gasteiger partial charge in [-0.15, -0.1) is 0 Å². The van der Waals surface area contributed by atoms with Gasteiger partial charge in [-0.1, -0.05) is 12.3 Å². The number of ether oxygens (including phenoxy) is 1. The number of hydrogen-bond acceptors (Lipinski definition) is 2. The van der Waals surface area contributed by atoms with E-state index in [4.69, 9.17) is 5.11 Å². The highest BCUT2D eigenvalue weighted by molar-refractivity contribution is 4.87. The molecule has 0 aliphatic heterocycles. The van der Waals surface area contributed by atoms with Crippen molar-refractivity contribution in [3.63, 3.8) is 0 Å². The van der Waals surface area contributed by atoms with Crippen molar-refractivity contribution in [1.82, 2.24) is 0 Å². The van der Waals surface area contributed by atoms with Crippen molar-refractivity contribution in [3.05, 3.63) is 18.1 Å². The van der Waals surface area contributed by atoms with Crippen molar-refractivity contribution in [2.24, 2.45) is 0 Å². The molecular formula is C5H8O2. The smallest absolute Gasteiger partial charge is 0.162 e. The van der Waals surface area contributed by atoms with E-state index in [0.717, 1.165) is 0 Å². The van der Waals surface area contributed by atoms with Gasteiger partial charge in [0.25, 0.3) is 0 Å². The Balaban J connectivity index is 3.61. The Morgan fingerprint density at radius 2 is 2.57 bits per heavy atom. The number of methoxy groups -OCH3 is 1. The largest absolute Gasteiger partial charge is 0.491 e. The van der Waals surface area contributed by atoms with Crippen molar-refractivity contribution in [1.29, 1.82) is 0 Å². The van der Waals surface area contributed by atoms with Crippen LogP contribution in [-0.4, -0.2) is 18.8 Å². The second-order valence-electron chi connectivity index (χ2n) is 0.962. The van der Waals surface area contributed by atoms with Gasteiger partial charge < -0.3 is 9.84 Å². The minimum Gasteiger partial charge on any atom is -0.491 e. The fraction of sp³-hybridized carbons (Fsp3) is 0.400. The van der Waals surface area contributed by atoms with Crippen LogP contribution in [0, 0.1) is 0 Å². The van der Waals surface area contributed by atoms with Crippen LogP contribution >= 0.6 is 0 Å². The fourth-order valence-electron chi connectivity index (χ4n) is 0.193. The van der Waals surface area contributed by atoms with Gasteiger partial charge in [0.15, 0.2) is 5.76 Å². The van der Waals surface area contributed by atoms with Crippen LogP contribution < -0.4 is 0 Å². The number of rotatable bonds is 2. The molecule has 0 heterocycles. The summed E-state index contributed by atoms with van der Waals surface area (Å²) in [6.07, 6.45) is 0. The number of hydrogen-bond donors (Lipinski definition) is 1. The standard InChI is InChI=1S/C5H8O2/c1-3-5(4-6)7-2/h6H,1,4H2,2H3. The maximum Gasteiger partial charge on any atom is 0.162 e. The van der Waals surface area contributed by atoms with Crippen LogP contribution in [0.15, 0.2) is 18.1 Å². The molecule has 0 fully saturated rings. The molecule has 0 bridgehead atoms. The first-order valence-electron chi connectivity index (χ1n) is 1.89. The predicted molar refractivity (Wildman–Crippen MR) is 26.7 cm³/mol. The molecule has 7 heavy (non-hydrogen) atoms. The fourth-order valence-corrected chi connectivity index (χ4v) is 0.193. The Kier molecular flexibility index (Phi) is 3.11. The quantitative estimate of drug-likeness (QED) is 0.399. The Morgan fingerprint density at radius 3 is 2.57 bits per heavy atom. The van der Waals surface area contributed by atoms with Gasteiger partial charge in [-0.3, -0.25) is 0 Å². The Bertz CT molecular complexity index is 84.3. The molecule has 0 aliphatic rings. The summed E-state index contributed by atoms with van der Waals surface area (Å²) >= 11 is 0. The molecule has 0 aromatic rings. The van der Waals surface area contributed by atoms with E-state index in [0.29, 0.717) is 5.76 Å². The van der Waals surface area contributed by atoms with Crippen LogP contribution in [0.4, 0.5) is 0 Å². The van der Waals surface area contributed by atoms with Gasteiger partial charge in [0, 0.05) is 0 Å². The average molecular weight is 100 g/mol. The Morgan fingerprint density at radius 1 is 2.00 bits per heavy atom. The van der Waals surface area contributed by atoms with Crippen molar-refractivity contribution in [2.45, 2.75) is 0 Å². The van der Waals surface area contributed by atoms with E-state index in [2.05, 4.69) is 17.0 Å². The van der Waals surface area contributed by atoms with Crippen molar-refractivity contribution >= 4 is 0 Å². The molecule has 0 amide bonds. The lowest BCUT2D eigenvalue weighted by atomic mass is 10.6. The molecule has 0 radical (unpaired) electrons. The van der Waals surface area contributed by atoms with E-state index in [1.54, 1.807) is 0 Å². The summed E-state index contributed by atoms with van der Waals surface area (Å²) in [6.45, 7) is 3.13. The summed E-state index contributed by atoms with van der Waals surface area (Å²) in [4.78, 5) is 0. The zero-order valence-corrected chi connectivity index (χ0v) is 4.27. The van der Waals surface area contributed by atoms with Gasteiger partial charge in [0.2, 0.25) is 0 Å². The molecule has 1 N–H and O–H groups in total. The van der Waals surface area contributed by atoms with Crippen LogP contribution in [0.2, 0.25) is 0 Å². The average Bonchev–Trinajstić information content (AvgIpc) is 1.72. The van der Waals surface area contributed by atoms with Crippen molar-refractivity contribution in [2.75, 3.05) is 13.7 Å². The van der Waals surface area contributed by atoms with Crippen LogP contribution in [0.1, 0.15) is 0 Å². The maximum absolute atomic E-state index is 8.26. The molecule has 0 atom stereocenters. The molecule has 0 aliphatic carbocycles. The van der Waals surface area contributed by atoms with Gasteiger partial charge in [-0.05, 0) is 0 Å². The Labute approximate surface area is 42.7 Å². The number of aliphatic hydroxyl groups excluding tert-OH is 1. The van der Waals surface area contributed by atoms with E-state index in [1.807, 2.05) is 0 Å². The third-order valence-corrected chi connectivity index (χ3v) is 0.587. The molecule has 0 spiro atoms. The number of aliphatic hydroxyl groups is 1. The predicted octanol–water partition coefficient (Wildman–Crippen LogP) is 0.294. The van der Waals surface area contributed by atoms with Crippen LogP contribution in [-0.2, 0) is 4.74 Å². The highest BCUT2D eigenvalue weighted by Crippen LogP contribution is 1.85. The SMILES string of the molecule is C=C=C(CO)OC. The topological polar surface area (TPSA) is 29.5 Å². The van der Waals surface area contributed by atoms with Gasteiger partial charge in [0.05, 0.1) is 7.11 Å². The summed E-state index contributed by atoms with van der Waals surface area (Å²) in [7, 11) is 1.46. The Hall–Kier alpha value is -0.720. The van der Waals surface area contributed by atoms with E-state index >= 15 is 0 Å². The highest BCUT2D eigenvalue weighted by atomic mass is 16.5. The van der Waals surface area contributed by atoms with Crippen LogP contribution in [0.5, 0.6) is 0 Å². The first-order chi connectivity index (χ1) is 3.35. The first kappa shape index (κ1) is 6.28. The zero-order chi connectivity index (χ0) is 5.70. The van der Waals surface area contributed by atoms with Gasteiger partial charge in [-0.2, -0.15) is 0 Å². The molecule has 0 aromatic heterocycles. The normalized spacial score (nSPS) is 7.14.